The molecule has 0 aliphatic rings. The lowest BCUT2D eigenvalue weighted by Gasteiger charge is -2.32. The van der Waals surface area contributed by atoms with E-state index < -0.39 is 28.5 Å². The maximum atomic E-state index is 13.8. The van der Waals surface area contributed by atoms with Crippen molar-refractivity contribution in [3.8, 4) is 5.75 Å². The Morgan fingerprint density at radius 2 is 1.68 bits per heavy atom. The first kappa shape index (κ1) is 29.0. The number of nitrogens with zero attached hydrogens (tertiary/aromatic N) is 2. The SMILES string of the molecule is CCNC(=O)C(C)N(Cc1ccc(C)cc1)C(=O)CN(c1ccc(OC)c(Cl)c1)S(=O)(=O)c1ccccc1. The summed E-state index contributed by atoms with van der Waals surface area (Å²) < 4.78 is 33.7. The Balaban J connectivity index is 2.04. The second-order valence-corrected chi connectivity index (χ2v) is 11.0. The molecule has 0 bridgehead atoms. The highest BCUT2D eigenvalue weighted by atomic mass is 35.5. The number of carbonyl (C=O) groups is 2. The summed E-state index contributed by atoms with van der Waals surface area (Å²) in [6.07, 6.45) is 0. The predicted molar refractivity (Wildman–Crippen MR) is 149 cm³/mol. The number of rotatable bonds is 11. The highest BCUT2D eigenvalue weighted by molar-refractivity contribution is 7.92. The van der Waals surface area contributed by atoms with E-state index in [1.807, 2.05) is 31.2 Å². The van der Waals surface area contributed by atoms with E-state index in [0.717, 1.165) is 15.4 Å². The minimum Gasteiger partial charge on any atom is -0.495 e. The molecule has 202 valence electrons. The average Bonchev–Trinajstić information content (AvgIpc) is 2.91. The first-order valence-electron chi connectivity index (χ1n) is 12.1. The number of sulfonamides is 1. The second kappa shape index (κ2) is 12.8. The Morgan fingerprint density at radius 3 is 2.26 bits per heavy atom. The van der Waals surface area contributed by atoms with Gasteiger partial charge in [-0.1, -0.05) is 59.6 Å². The molecular weight excluding hydrogens is 526 g/mol. The maximum Gasteiger partial charge on any atom is 0.264 e. The molecule has 0 spiro atoms. The van der Waals surface area contributed by atoms with Crippen LogP contribution in [0.3, 0.4) is 0 Å². The summed E-state index contributed by atoms with van der Waals surface area (Å²) in [5, 5.41) is 2.93. The van der Waals surface area contributed by atoms with E-state index in [2.05, 4.69) is 5.32 Å². The van der Waals surface area contributed by atoms with Gasteiger partial charge in [-0.2, -0.15) is 0 Å². The smallest absolute Gasteiger partial charge is 0.264 e. The van der Waals surface area contributed by atoms with Gasteiger partial charge in [0.15, 0.2) is 0 Å². The zero-order valence-electron chi connectivity index (χ0n) is 21.8. The number of amides is 2. The number of hydrogen-bond acceptors (Lipinski definition) is 5. The van der Waals surface area contributed by atoms with E-state index in [4.69, 9.17) is 16.3 Å². The molecular formula is C28H32ClN3O5S. The number of hydrogen-bond donors (Lipinski definition) is 1. The summed E-state index contributed by atoms with van der Waals surface area (Å²) in [5.41, 5.74) is 2.05. The third-order valence-electron chi connectivity index (χ3n) is 6.03. The summed E-state index contributed by atoms with van der Waals surface area (Å²) in [4.78, 5) is 28.0. The highest BCUT2D eigenvalue weighted by Crippen LogP contribution is 2.32. The minimum absolute atomic E-state index is 0.0154. The first-order chi connectivity index (χ1) is 18.1. The van der Waals surface area contributed by atoms with Crippen molar-refractivity contribution in [2.75, 3.05) is 24.5 Å². The normalized spacial score (nSPS) is 11.9. The molecule has 1 N–H and O–H groups in total. The molecule has 0 radical (unpaired) electrons. The van der Waals surface area contributed by atoms with Crippen LogP contribution in [0.5, 0.6) is 5.75 Å². The van der Waals surface area contributed by atoms with Gasteiger partial charge in [0.2, 0.25) is 11.8 Å². The van der Waals surface area contributed by atoms with Crippen molar-refractivity contribution in [1.29, 1.82) is 0 Å². The van der Waals surface area contributed by atoms with Crippen molar-refractivity contribution in [3.63, 3.8) is 0 Å². The van der Waals surface area contributed by atoms with Crippen LogP contribution in [0.1, 0.15) is 25.0 Å². The van der Waals surface area contributed by atoms with Gasteiger partial charge in [-0.05, 0) is 56.7 Å². The fourth-order valence-corrected chi connectivity index (χ4v) is 5.53. The number of nitrogens with one attached hydrogen (secondary N) is 1. The van der Waals surface area contributed by atoms with Gasteiger partial charge in [-0.25, -0.2) is 8.42 Å². The number of anilines is 1. The van der Waals surface area contributed by atoms with Crippen LogP contribution in [0, 0.1) is 6.92 Å². The van der Waals surface area contributed by atoms with Gasteiger partial charge in [0.25, 0.3) is 10.0 Å². The number of methoxy groups -OCH3 is 1. The van der Waals surface area contributed by atoms with E-state index in [1.165, 1.54) is 42.3 Å². The summed E-state index contributed by atoms with van der Waals surface area (Å²) in [6.45, 7) is 5.34. The molecule has 38 heavy (non-hydrogen) atoms. The Bertz CT molecular complexity index is 1360. The third-order valence-corrected chi connectivity index (χ3v) is 8.11. The zero-order valence-corrected chi connectivity index (χ0v) is 23.4. The van der Waals surface area contributed by atoms with Gasteiger partial charge in [0.05, 0.1) is 22.7 Å². The molecule has 0 saturated heterocycles. The molecule has 0 aliphatic carbocycles. The molecule has 3 aromatic rings. The molecule has 0 heterocycles. The number of halogens is 1. The van der Waals surface area contributed by atoms with Gasteiger partial charge < -0.3 is 15.0 Å². The fourth-order valence-electron chi connectivity index (χ4n) is 3.85. The highest BCUT2D eigenvalue weighted by Gasteiger charge is 2.32. The number of ether oxygens (including phenoxy) is 1. The summed E-state index contributed by atoms with van der Waals surface area (Å²) >= 11 is 6.32. The minimum atomic E-state index is -4.17. The molecule has 0 aliphatic heterocycles. The summed E-state index contributed by atoms with van der Waals surface area (Å²) in [6, 6.07) is 19.1. The van der Waals surface area contributed by atoms with Gasteiger partial charge in [0.1, 0.15) is 18.3 Å². The molecule has 0 aromatic heterocycles. The zero-order chi connectivity index (χ0) is 27.9. The number of benzene rings is 3. The van der Waals surface area contributed by atoms with Crippen LogP contribution >= 0.6 is 11.6 Å². The standard InChI is InChI=1S/C28H32ClN3O5S/c1-5-30-28(34)21(3)31(18-22-13-11-20(2)12-14-22)27(33)19-32(23-15-16-26(37-4)25(29)17-23)38(35,36)24-9-7-6-8-10-24/h6-17,21H,5,18-19H2,1-4H3,(H,30,34). The molecule has 2 amide bonds. The van der Waals surface area contributed by atoms with E-state index in [1.54, 1.807) is 32.0 Å². The van der Waals surface area contributed by atoms with Gasteiger partial charge in [-0.3, -0.25) is 13.9 Å². The van der Waals surface area contributed by atoms with Crippen molar-refractivity contribution >= 4 is 39.1 Å². The molecule has 10 heteroatoms. The Labute approximate surface area is 229 Å². The van der Waals surface area contributed by atoms with Crippen molar-refractivity contribution in [2.24, 2.45) is 0 Å². The summed E-state index contributed by atoms with van der Waals surface area (Å²) in [5.74, 6) is -0.515. The van der Waals surface area contributed by atoms with Crippen LogP contribution in [0.4, 0.5) is 5.69 Å². The van der Waals surface area contributed by atoms with Crippen molar-refractivity contribution in [1.82, 2.24) is 10.2 Å². The second-order valence-electron chi connectivity index (χ2n) is 8.72. The predicted octanol–water partition coefficient (Wildman–Crippen LogP) is 4.41. The van der Waals surface area contributed by atoms with Crippen LogP contribution in [0.15, 0.2) is 77.7 Å². The first-order valence-corrected chi connectivity index (χ1v) is 13.9. The Hall–Kier alpha value is -3.56. The van der Waals surface area contributed by atoms with Gasteiger partial charge in [0, 0.05) is 13.1 Å². The third kappa shape index (κ3) is 6.85. The largest absolute Gasteiger partial charge is 0.495 e. The quantitative estimate of drug-likeness (QED) is 0.377. The lowest BCUT2D eigenvalue weighted by molar-refractivity contribution is -0.139. The molecule has 8 nitrogen and oxygen atoms in total. The van der Waals surface area contributed by atoms with Gasteiger partial charge >= 0.3 is 0 Å². The summed E-state index contributed by atoms with van der Waals surface area (Å²) in [7, 11) is -2.71. The molecule has 1 unspecified atom stereocenters. The lowest BCUT2D eigenvalue weighted by atomic mass is 10.1. The van der Waals surface area contributed by atoms with Crippen molar-refractivity contribution in [2.45, 2.75) is 38.3 Å². The lowest BCUT2D eigenvalue weighted by Crippen LogP contribution is -2.51. The Morgan fingerprint density at radius 1 is 1.03 bits per heavy atom. The molecule has 1 atom stereocenters. The van der Waals surface area contributed by atoms with Gasteiger partial charge in [-0.15, -0.1) is 0 Å². The van der Waals surface area contributed by atoms with E-state index in [9.17, 15) is 18.0 Å². The van der Waals surface area contributed by atoms with Crippen LogP contribution in [0.25, 0.3) is 0 Å². The average molecular weight is 558 g/mol. The van der Waals surface area contributed by atoms with E-state index in [-0.39, 0.29) is 28.1 Å². The van der Waals surface area contributed by atoms with Crippen LogP contribution in [-0.4, -0.2) is 51.4 Å². The van der Waals surface area contributed by atoms with Crippen LogP contribution < -0.4 is 14.4 Å². The number of likely N-dealkylation sites (N-methyl/N-ethyl adjacent to an activating group) is 1. The van der Waals surface area contributed by atoms with E-state index in [0.29, 0.717) is 12.3 Å². The molecule has 0 fully saturated rings. The molecule has 0 saturated carbocycles. The molecule has 3 rings (SSSR count). The fraction of sp³-hybridized carbons (Fsp3) is 0.286. The van der Waals surface area contributed by atoms with E-state index >= 15 is 0 Å². The molecule has 3 aromatic carbocycles. The number of aryl methyl sites for hydroxylation is 1. The van der Waals surface area contributed by atoms with Crippen LogP contribution in [-0.2, 0) is 26.2 Å². The van der Waals surface area contributed by atoms with Crippen LogP contribution in [0.2, 0.25) is 5.02 Å². The maximum absolute atomic E-state index is 13.8. The Kier molecular flexibility index (Phi) is 9.77. The van der Waals surface area contributed by atoms with Crippen molar-refractivity contribution < 1.29 is 22.7 Å². The number of carbonyl (C=O) groups excluding carboxylic acids is 2. The topological polar surface area (TPSA) is 96.0 Å². The van der Waals surface area contributed by atoms with Crippen molar-refractivity contribution in [3.05, 3.63) is 88.9 Å². The monoisotopic (exact) mass is 557 g/mol.